The number of aliphatic hydroxyl groups excluding tert-OH is 1. The third-order valence-corrected chi connectivity index (χ3v) is 8.87. The lowest BCUT2D eigenvalue weighted by atomic mass is 10.0. The monoisotopic (exact) mass is 652 g/mol. The maximum atomic E-state index is 13.5. The predicted octanol–water partition coefficient (Wildman–Crippen LogP) is 9.84. The van der Waals surface area contributed by atoms with Crippen molar-refractivity contribution in [1.29, 1.82) is 0 Å². The van der Waals surface area contributed by atoms with Crippen molar-refractivity contribution in [2.45, 2.75) is 81.9 Å². The molecule has 0 amide bonds. The van der Waals surface area contributed by atoms with E-state index >= 15 is 0 Å². The highest BCUT2D eigenvalue weighted by atomic mass is 32.2. The summed E-state index contributed by atoms with van der Waals surface area (Å²) in [5.41, 5.74) is 1.20. The van der Waals surface area contributed by atoms with E-state index in [2.05, 4.69) is 23.8 Å². The van der Waals surface area contributed by atoms with Gasteiger partial charge in [0.2, 0.25) is 5.76 Å². The fourth-order valence-corrected chi connectivity index (χ4v) is 6.13. The van der Waals surface area contributed by atoms with Gasteiger partial charge in [0.25, 0.3) is 0 Å². The number of aryl methyl sites for hydroxylation is 1. The molecule has 244 valence electrons. The number of fused-ring (bicyclic) bond motifs is 1. The molecule has 4 aromatic rings. The molecule has 5 nitrogen and oxygen atoms in total. The number of thioether (sulfide) groups is 1. The molecule has 1 aromatic heterocycles. The highest BCUT2D eigenvalue weighted by Crippen LogP contribution is 2.39. The van der Waals surface area contributed by atoms with Crippen molar-refractivity contribution in [2.24, 2.45) is 0 Å². The summed E-state index contributed by atoms with van der Waals surface area (Å²) >= 11 is 1.14. The maximum Gasteiger partial charge on any atom is 0.416 e. The molecule has 1 N–H and O–H groups in total. The van der Waals surface area contributed by atoms with Gasteiger partial charge in [-0.3, -0.25) is 4.79 Å². The summed E-state index contributed by atoms with van der Waals surface area (Å²) in [6.07, 6.45) is 6.07. The Balaban J connectivity index is 1.56. The number of hydrogen-bond donors (Lipinski definition) is 1. The van der Waals surface area contributed by atoms with Gasteiger partial charge in [0.1, 0.15) is 11.7 Å². The van der Waals surface area contributed by atoms with E-state index in [-0.39, 0.29) is 22.3 Å². The molecule has 3 aromatic carbocycles. The van der Waals surface area contributed by atoms with Gasteiger partial charge in [-0.25, -0.2) is 4.79 Å². The van der Waals surface area contributed by atoms with Gasteiger partial charge in [-0.2, -0.15) is 13.2 Å². The molecule has 0 unspecified atom stereocenters. The Hall–Kier alpha value is -3.82. The summed E-state index contributed by atoms with van der Waals surface area (Å²) in [4.78, 5) is 25.5. The zero-order valence-electron chi connectivity index (χ0n) is 26.1. The number of benzene rings is 3. The Bertz CT molecular complexity index is 1690. The number of carbonyl (C=O) groups is 1. The van der Waals surface area contributed by atoms with E-state index in [0.717, 1.165) is 48.4 Å². The maximum absolute atomic E-state index is 13.5. The number of hydrogen-bond acceptors (Lipinski definition) is 6. The molecule has 0 bridgehead atoms. The normalized spacial score (nSPS) is 12.8. The lowest BCUT2D eigenvalue weighted by Gasteiger charge is -2.17. The Labute approximate surface area is 271 Å². The second-order valence-corrected chi connectivity index (χ2v) is 12.4. The van der Waals surface area contributed by atoms with E-state index in [1.165, 1.54) is 63.3 Å². The quantitative estimate of drug-likeness (QED) is 0.0783. The molecule has 0 spiro atoms. The average Bonchev–Trinajstić information content (AvgIpc) is 3.05. The second kappa shape index (κ2) is 16.7. The van der Waals surface area contributed by atoms with Crippen LogP contribution in [0.25, 0.3) is 11.0 Å². The minimum Gasteiger partial charge on any atom is -0.463 e. The van der Waals surface area contributed by atoms with E-state index < -0.39 is 29.2 Å². The summed E-state index contributed by atoms with van der Waals surface area (Å²) < 4.78 is 50.7. The number of carbonyl (C=O) groups excluding carboxylic acids is 1. The predicted molar refractivity (Wildman–Crippen MR) is 176 cm³/mol. The minimum atomic E-state index is -4.56. The van der Waals surface area contributed by atoms with Crippen LogP contribution in [0.2, 0.25) is 0 Å². The molecule has 0 aliphatic heterocycles. The van der Waals surface area contributed by atoms with Gasteiger partial charge in [-0.15, -0.1) is 0 Å². The number of alkyl halides is 3. The van der Waals surface area contributed by atoms with Gasteiger partial charge < -0.3 is 14.3 Å². The molecule has 0 aliphatic carbocycles. The first-order valence-corrected chi connectivity index (χ1v) is 16.4. The van der Waals surface area contributed by atoms with Crippen LogP contribution in [0.5, 0.6) is 0 Å². The fraction of sp³-hybridized carbons (Fsp3) is 0.351. The van der Waals surface area contributed by atoms with Crippen molar-refractivity contribution < 1.29 is 32.2 Å². The molecule has 9 heteroatoms. The van der Waals surface area contributed by atoms with Crippen LogP contribution in [0.4, 0.5) is 13.2 Å². The molecule has 0 saturated heterocycles. The van der Waals surface area contributed by atoms with Crippen LogP contribution in [-0.2, 0) is 23.8 Å². The third kappa shape index (κ3) is 9.84. The molecule has 1 heterocycles. The van der Waals surface area contributed by atoms with E-state index in [0.29, 0.717) is 16.2 Å². The lowest BCUT2D eigenvalue weighted by molar-refractivity contribution is -0.137. The number of unbranched alkanes of at least 4 members (excludes halogenated alkanes) is 6. The average molecular weight is 653 g/mol. The number of aliphatic hydroxyl groups is 1. The zero-order valence-corrected chi connectivity index (χ0v) is 26.9. The first kappa shape index (κ1) is 35.0. The molecule has 1 atom stereocenters. The van der Waals surface area contributed by atoms with Gasteiger partial charge in [0.05, 0.1) is 18.1 Å². The summed E-state index contributed by atoms with van der Waals surface area (Å²) in [5, 5.41) is 11.6. The molecule has 0 saturated carbocycles. The summed E-state index contributed by atoms with van der Waals surface area (Å²) in [7, 11) is 1.18. The number of ether oxygens (including phenoxy) is 1. The number of halogens is 3. The molecule has 46 heavy (non-hydrogen) atoms. The Morgan fingerprint density at radius 3 is 2.33 bits per heavy atom. The van der Waals surface area contributed by atoms with Crippen LogP contribution < -0.4 is 5.43 Å². The van der Waals surface area contributed by atoms with E-state index in [1.807, 2.05) is 12.1 Å². The standard InChI is InChI=1S/C37H39F3O5S/c1-3-4-5-6-7-8-9-11-25-14-16-26(17-15-25)18-21-34(35(42)27-12-10-13-28(22-27)37(38,39)40)46-29-19-20-30-31(41)24-33(36(43)44-2)45-32(30)23-29/h10,12-17,19-24,35,42H,3-9,11,18H2,1-2H3/t35-/m0/s1. The van der Waals surface area contributed by atoms with Crippen molar-refractivity contribution in [3.05, 3.63) is 122 Å². The van der Waals surface area contributed by atoms with Crippen molar-refractivity contribution >= 4 is 28.7 Å². The first-order chi connectivity index (χ1) is 22.1. The Morgan fingerprint density at radius 2 is 1.63 bits per heavy atom. The highest BCUT2D eigenvalue weighted by molar-refractivity contribution is 8.03. The summed E-state index contributed by atoms with van der Waals surface area (Å²) in [6.45, 7) is 2.22. The smallest absolute Gasteiger partial charge is 0.416 e. The minimum absolute atomic E-state index is 0.0962. The topological polar surface area (TPSA) is 76.7 Å². The third-order valence-electron chi connectivity index (χ3n) is 7.75. The molecular formula is C37H39F3O5S. The van der Waals surface area contributed by atoms with Crippen LogP contribution >= 0.6 is 11.8 Å². The molecular weight excluding hydrogens is 613 g/mol. The van der Waals surface area contributed by atoms with Crippen LogP contribution in [0.15, 0.2) is 97.9 Å². The Kier molecular flexibility index (Phi) is 12.7. The summed E-state index contributed by atoms with van der Waals surface area (Å²) in [5.74, 6) is -1.05. The van der Waals surface area contributed by atoms with Crippen LogP contribution in [0, 0.1) is 0 Å². The largest absolute Gasteiger partial charge is 0.463 e. The van der Waals surface area contributed by atoms with E-state index in [4.69, 9.17) is 4.42 Å². The number of rotatable bonds is 15. The van der Waals surface area contributed by atoms with Gasteiger partial charge in [0.15, 0.2) is 5.43 Å². The Morgan fingerprint density at radius 1 is 0.935 bits per heavy atom. The van der Waals surface area contributed by atoms with E-state index in [9.17, 15) is 27.9 Å². The van der Waals surface area contributed by atoms with Crippen LogP contribution in [-0.4, -0.2) is 18.2 Å². The van der Waals surface area contributed by atoms with Crippen LogP contribution in [0.3, 0.4) is 0 Å². The SMILES string of the molecule is CCCCCCCCCc1ccc(CC=C(Sc2ccc3c(=O)cc(C(=O)OC)oc3c2)[C@@H](O)c2cccc(C(F)(F)F)c2)cc1. The molecule has 0 radical (unpaired) electrons. The zero-order chi connectivity index (χ0) is 33.1. The first-order valence-electron chi connectivity index (χ1n) is 15.6. The fourth-order valence-electron chi connectivity index (χ4n) is 5.14. The van der Waals surface area contributed by atoms with Gasteiger partial charge in [-0.05, 0) is 66.3 Å². The molecule has 4 rings (SSSR count). The molecule has 0 fully saturated rings. The number of allylic oxidation sites excluding steroid dienone is 1. The van der Waals surface area contributed by atoms with Crippen molar-refractivity contribution in [1.82, 2.24) is 0 Å². The number of esters is 1. The molecule has 0 aliphatic rings. The van der Waals surface area contributed by atoms with Crippen molar-refractivity contribution in [2.75, 3.05) is 7.11 Å². The second-order valence-electron chi connectivity index (χ2n) is 11.3. The lowest BCUT2D eigenvalue weighted by Crippen LogP contribution is -2.08. The van der Waals surface area contributed by atoms with E-state index in [1.54, 1.807) is 24.3 Å². The van der Waals surface area contributed by atoms with Crippen molar-refractivity contribution in [3.63, 3.8) is 0 Å². The van der Waals surface area contributed by atoms with Crippen molar-refractivity contribution in [3.8, 4) is 0 Å². The van der Waals surface area contributed by atoms with Crippen LogP contribution in [0.1, 0.15) is 90.8 Å². The number of methoxy groups -OCH3 is 1. The highest BCUT2D eigenvalue weighted by Gasteiger charge is 2.31. The van der Waals surface area contributed by atoms with Gasteiger partial charge >= 0.3 is 12.1 Å². The summed E-state index contributed by atoms with van der Waals surface area (Å²) in [6, 6.07) is 18.7. The van der Waals surface area contributed by atoms with Gasteiger partial charge in [-0.1, -0.05) is 99.7 Å². The van der Waals surface area contributed by atoms with Gasteiger partial charge in [0, 0.05) is 15.9 Å².